The predicted molar refractivity (Wildman–Crippen MR) is 77.6 cm³/mol. The fourth-order valence-electron chi connectivity index (χ4n) is 2.40. The zero-order valence-electron chi connectivity index (χ0n) is 12.6. The molecule has 2 N–H and O–H groups in total. The Bertz CT molecular complexity index is 254. The third-order valence-corrected chi connectivity index (χ3v) is 3.50. The highest BCUT2D eigenvalue weighted by Crippen LogP contribution is 2.20. The Balaban J connectivity index is 1.91. The summed E-state index contributed by atoms with van der Waals surface area (Å²) in [6.45, 7) is 3.85. The maximum absolute atomic E-state index is 11.1. The number of aliphatic hydroxyl groups is 1. The fraction of sp³-hybridized carbons (Fsp3) is 0.933. The van der Waals surface area contributed by atoms with Crippen molar-refractivity contribution < 1.29 is 19.4 Å². The summed E-state index contributed by atoms with van der Waals surface area (Å²) in [5.74, 6) is -0.157. The molecule has 1 rings (SSSR count). The topological polar surface area (TPSA) is 67.8 Å². The lowest BCUT2D eigenvalue weighted by Crippen LogP contribution is -2.33. The molecule has 1 unspecified atom stereocenters. The van der Waals surface area contributed by atoms with Gasteiger partial charge in [0.25, 0.3) is 0 Å². The minimum atomic E-state index is -0.473. The highest BCUT2D eigenvalue weighted by molar-refractivity contribution is 5.69. The van der Waals surface area contributed by atoms with Crippen molar-refractivity contribution in [3.05, 3.63) is 0 Å². The zero-order chi connectivity index (χ0) is 14.6. The van der Waals surface area contributed by atoms with Crippen molar-refractivity contribution in [1.29, 1.82) is 0 Å². The normalized spacial score (nSPS) is 17.9. The van der Waals surface area contributed by atoms with Crippen molar-refractivity contribution in [2.45, 2.75) is 64.1 Å². The molecule has 0 bridgehead atoms. The number of hydrogen-bond acceptors (Lipinski definition) is 5. The maximum Gasteiger partial charge on any atom is 0.305 e. The summed E-state index contributed by atoms with van der Waals surface area (Å²) in [6.07, 6.45) is 7.07. The molecule has 0 aromatic heterocycles. The van der Waals surface area contributed by atoms with Gasteiger partial charge in [-0.05, 0) is 32.7 Å². The number of hydrogen-bond donors (Lipinski definition) is 2. The second-order valence-corrected chi connectivity index (χ2v) is 5.36. The van der Waals surface area contributed by atoms with E-state index in [4.69, 9.17) is 9.47 Å². The number of esters is 1. The smallest absolute Gasteiger partial charge is 0.305 e. The molecule has 20 heavy (non-hydrogen) atoms. The van der Waals surface area contributed by atoms with Crippen LogP contribution in [-0.4, -0.2) is 49.6 Å². The van der Waals surface area contributed by atoms with E-state index in [1.807, 2.05) is 0 Å². The monoisotopic (exact) mass is 287 g/mol. The van der Waals surface area contributed by atoms with E-state index in [1.165, 1.54) is 19.3 Å². The average Bonchev–Trinajstić information content (AvgIpc) is 2.46. The highest BCUT2D eigenvalue weighted by Gasteiger charge is 2.15. The van der Waals surface area contributed by atoms with E-state index in [-0.39, 0.29) is 5.97 Å². The van der Waals surface area contributed by atoms with Gasteiger partial charge < -0.3 is 19.9 Å². The molecule has 0 aliphatic heterocycles. The van der Waals surface area contributed by atoms with Crippen LogP contribution in [0.3, 0.4) is 0 Å². The number of carbonyl (C=O) groups is 1. The van der Waals surface area contributed by atoms with Crippen LogP contribution in [0, 0.1) is 0 Å². The third kappa shape index (κ3) is 8.51. The molecule has 0 heterocycles. The van der Waals surface area contributed by atoms with Crippen LogP contribution in [0.5, 0.6) is 0 Å². The molecule has 0 aromatic carbocycles. The van der Waals surface area contributed by atoms with E-state index < -0.39 is 6.10 Å². The van der Waals surface area contributed by atoms with Gasteiger partial charge in [-0.2, -0.15) is 0 Å². The van der Waals surface area contributed by atoms with E-state index in [0.717, 1.165) is 19.3 Å². The fourth-order valence-corrected chi connectivity index (χ4v) is 2.40. The van der Waals surface area contributed by atoms with Crippen molar-refractivity contribution >= 4 is 5.97 Å². The molecule has 0 amide bonds. The number of ether oxygens (including phenoxy) is 2. The van der Waals surface area contributed by atoms with Gasteiger partial charge in [0.15, 0.2) is 0 Å². The minimum absolute atomic E-state index is 0.157. The van der Waals surface area contributed by atoms with Gasteiger partial charge in [0.2, 0.25) is 0 Å². The van der Waals surface area contributed by atoms with E-state index in [1.54, 1.807) is 6.92 Å². The third-order valence-electron chi connectivity index (χ3n) is 3.50. The average molecular weight is 287 g/mol. The second-order valence-electron chi connectivity index (χ2n) is 5.36. The molecule has 5 nitrogen and oxygen atoms in total. The van der Waals surface area contributed by atoms with Gasteiger partial charge in [-0.15, -0.1) is 0 Å². The quantitative estimate of drug-likeness (QED) is 0.472. The van der Waals surface area contributed by atoms with Crippen LogP contribution >= 0.6 is 0 Å². The van der Waals surface area contributed by atoms with Crippen LogP contribution in [-0.2, 0) is 14.3 Å². The van der Waals surface area contributed by atoms with Crippen LogP contribution in [0.1, 0.15) is 51.9 Å². The summed E-state index contributed by atoms with van der Waals surface area (Å²) in [7, 11) is 0. The Morgan fingerprint density at radius 3 is 2.80 bits per heavy atom. The Labute approximate surface area is 122 Å². The van der Waals surface area contributed by atoms with Crippen LogP contribution in [0.4, 0.5) is 0 Å². The first-order valence-electron chi connectivity index (χ1n) is 7.88. The first-order chi connectivity index (χ1) is 9.72. The largest absolute Gasteiger partial charge is 0.466 e. The Kier molecular flexibility index (Phi) is 9.62. The highest BCUT2D eigenvalue weighted by atomic mass is 16.5. The molecule has 1 atom stereocenters. The van der Waals surface area contributed by atoms with Gasteiger partial charge in [-0.3, -0.25) is 4.79 Å². The Morgan fingerprint density at radius 2 is 2.10 bits per heavy atom. The minimum Gasteiger partial charge on any atom is -0.466 e. The molecule has 5 heteroatoms. The maximum atomic E-state index is 11.1. The van der Waals surface area contributed by atoms with Gasteiger partial charge >= 0.3 is 5.97 Å². The van der Waals surface area contributed by atoms with E-state index in [0.29, 0.717) is 38.8 Å². The molecule has 1 aliphatic carbocycles. The Hall–Kier alpha value is -0.650. The molecule has 0 aromatic rings. The molecule has 1 fully saturated rings. The van der Waals surface area contributed by atoms with Crippen LogP contribution in [0.25, 0.3) is 0 Å². The van der Waals surface area contributed by atoms with Crippen molar-refractivity contribution in [2.75, 3.05) is 26.3 Å². The molecule has 1 saturated carbocycles. The van der Waals surface area contributed by atoms with Crippen molar-refractivity contribution in [2.24, 2.45) is 0 Å². The predicted octanol–water partition coefficient (Wildman–Crippen LogP) is 1.63. The molecule has 0 radical (unpaired) electrons. The molecule has 0 spiro atoms. The summed E-state index contributed by atoms with van der Waals surface area (Å²) in [4.78, 5) is 11.1. The number of nitrogens with one attached hydrogen (secondary N) is 1. The van der Waals surface area contributed by atoms with Crippen molar-refractivity contribution in [3.63, 3.8) is 0 Å². The summed E-state index contributed by atoms with van der Waals surface area (Å²) in [6, 6.07) is 0. The number of carbonyl (C=O) groups excluding carboxylic acids is 1. The lowest BCUT2D eigenvalue weighted by Gasteiger charge is -2.23. The molecule has 0 saturated heterocycles. The van der Waals surface area contributed by atoms with Crippen LogP contribution in [0.15, 0.2) is 0 Å². The van der Waals surface area contributed by atoms with Gasteiger partial charge in [0.05, 0.1) is 25.4 Å². The number of rotatable bonds is 10. The van der Waals surface area contributed by atoms with Crippen LogP contribution in [0.2, 0.25) is 0 Å². The lowest BCUT2D eigenvalue weighted by molar-refractivity contribution is -0.143. The summed E-state index contributed by atoms with van der Waals surface area (Å²) < 4.78 is 10.5. The molecular formula is C15H29NO4. The van der Waals surface area contributed by atoms with E-state index >= 15 is 0 Å². The first kappa shape index (κ1) is 17.4. The molecule has 118 valence electrons. The Morgan fingerprint density at radius 1 is 1.35 bits per heavy atom. The number of aliphatic hydroxyl groups excluding tert-OH is 1. The molecule has 1 aliphatic rings. The zero-order valence-corrected chi connectivity index (χ0v) is 12.6. The summed E-state index contributed by atoms with van der Waals surface area (Å²) in [5.41, 5.74) is 0. The van der Waals surface area contributed by atoms with Gasteiger partial charge in [0, 0.05) is 13.0 Å². The molecular weight excluding hydrogens is 258 g/mol. The summed E-state index contributed by atoms with van der Waals surface area (Å²) >= 11 is 0. The summed E-state index contributed by atoms with van der Waals surface area (Å²) in [5, 5.41) is 12.9. The van der Waals surface area contributed by atoms with Crippen molar-refractivity contribution in [3.8, 4) is 0 Å². The second kappa shape index (κ2) is 11.1. The standard InChI is InChI=1S/C15H29NO4/c1-2-19-15(18)9-6-10-16-11-13(17)12-20-14-7-4-3-5-8-14/h13-14,16-17H,2-12H2,1H3. The van der Waals surface area contributed by atoms with Gasteiger partial charge in [0.1, 0.15) is 0 Å². The lowest BCUT2D eigenvalue weighted by atomic mass is 9.98. The van der Waals surface area contributed by atoms with E-state index in [9.17, 15) is 9.90 Å². The SMILES string of the molecule is CCOC(=O)CCCNCC(O)COC1CCCCC1. The van der Waals surface area contributed by atoms with E-state index in [2.05, 4.69) is 5.32 Å². The van der Waals surface area contributed by atoms with Crippen LogP contribution < -0.4 is 5.32 Å². The van der Waals surface area contributed by atoms with Gasteiger partial charge in [-0.1, -0.05) is 19.3 Å². The van der Waals surface area contributed by atoms with Crippen molar-refractivity contribution in [1.82, 2.24) is 5.32 Å². The van der Waals surface area contributed by atoms with Gasteiger partial charge in [-0.25, -0.2) is 0 Å². The first-order valence-corrected chi connectivity index (χ1v) is 7.88.